The summed E-state index contributed by atoms with van der Waals surface area (Å²) >= 11 is 0. The number of carbonyl (C=O) groups is 2. The van der Waals surface area contributed by atoms with Crippen molar-refractivity contribution in [2.24, 2.45) is 11.3 Å². The molecule has 0 radical (unpaired) electrons. The molecule has 3 heterocycles. The van der Waals surface area contributed by atoms with Crippen molar-refractivity contribution in [3.05, 3.63) is 66.0 Å². The van der Waals surface area contributed by atoms with Gasteiger partial charge in [0.2, 0.25) is 0 Å². The van der Waals surface area contributed by atoms with Crippen molar-refractivity contribution in [1.29, 1.82) is 0 Å². The lowest BCUT2D eigenvalue weighted by Crippen LogP contribution is -2.43. The van der Waals surface area contributed by atoms with Gasteiger partial charge in [-0.2, -0.15) is 0 Å². The molecule has 2 aliphatic rings. The lowest BCUT2D eigenvalue weighted by atomic mass is 9.80. The monoisotopic (exact) mass is 378 g/mol. The minimum Gasteiger partial charge on any atom is -0.338 e. The van der Waals surface area contributed by atoms with Crippen LogP contribution < -0.4 is 0 Å². The predicted molar refractivity (Wildman–Crippen MR) is 107 cm³/mol. The third-order valence-corrected chi connectivity index (χ3v) is 5.91. The Bertz CT molecular complexity index is 790. The van der Waals surface area contributed by atoms with Gasteiger partial charge in [0.1, 0.15) is 0 Å². The Morgan fingerprint density at radius 2 is 1.50 bits per heavy atom. The molecule has 6 heteroatoms. The number of pyridine rings is 1. The quantitative estimate of drug-likeness (QED) is 0.815. The fourth-order valence-electron chi connectivity index (χ4n) is 4.78. The maximum Gasteiger partial charge on any atom is 0.253 e. The Kier molecular flexibility index (Phi) is 4.89. The van der Waals surface area contributed by atoms with E-state index in [4.69, 9.17) is 0 Å². The second-order valence-electron chi connectivity index (χ2n) is 8.27. The van der Waals surface area contributed by atoms with Crippen LogP contribution in [0.4, 0.5) is 0 Å². The van der Waals surface area contributed by atoms with Crippen LogP contribution in [0.2, 0.25) is 0 Å². The van der Waals surface area contributed by atoms with Crippen LogP contribution in [-0.4, -0.2) is 78.3 Å². The lowest BCUT2D eigenvalue weighted by molar-refractivity contribution is 0.0701. The number of benzene rings is 1. The number of hydrogen-bond acceptors (Lipinski definition) is 4. The van der Waals surface area contributed by atoms with Crippen molar-refractivity contribution in [2.75, 3.05) is 46.8 Å². The number of amides is 2. The normalized spacial score (nSPS) is 23.9. The van der Waals surface area contributed by atoms with Gasteiger partial charge in [0.15, 0.2) is 0 Å². The van der Waals surface area contributed by atoms with Crippen molar-refractivity contribution >= 4 is 11.8 Å². The summed E-state index contributed by atoms with van der Waals surface area (Å²) in [4.78, 5) is 36.0. The van der Waals surface area contributed by atoms with Crippen LogP contribution in [0.5, 0.6) is 0 Å². The minimum atomic E-state index is -0.0867. The maximum atomic E-state index is 13.0. The molecular weight excluding hydrogens is 352 g/mol. The number of carbonyl (C=O) groups excluding carboxylic acids is 2. The molecule has 2 fully saturated rings. The second-order valence-corrected chi connectivity index (χ2v) is 8.27. The van der Waals surface area contributed by atoms with E-state index in [-0.39, 0.29) is 23.1 Å². The molecular formula is C22H26N4O2. The molecule has 0 aliphatic carbocycles. The van der Waals surface area contributed by atoms with Crippen LogP contribution in [-0.2, 0) is 0 Å². The average Bonchev–Trinajstić information content (AvgIpc) is 3.21. The van der Waals surface area contributed by atoms with Gasteiger partial charge in [0.25, 0.3) is 11.8 Å². The molecule has 4 rings (SSSR count). The van der Waals surface area contributed by atoms with Gasteiger partial charge in [-0.05, 0) is 38.4 Å². The molecule has 0 bridgehead atoms. The smallest absolute Gasteiger partial charge is 0.253 e. The van der Waals surface area contributed by atoms with Gasteiger partial charge in [-0.25, -0.2) is 0 Å². The van der Waals surface area contributed by atoms with Crippen molar-refractivity contribution in [2.45, 2.75) is 0 Å². The molecule has 2 atom stereocenters. The topological polar surface area (TPSA) is 56.8 Å². The zero-order chi connectivity index (χ0) is 19.7. The molecule has 2 aliphatic heterocycles. The fraction of sp³-hybridized carbons (Fsp3) is 0.409. The number of aromatic nitrogens is 1. The van der Waals surface area contributed by atoms with Gasteiger partial charge in [0.05, 0.1) is 0 Å². The lowest BCUT2D eigenvalue weighted by Gasteiger charge is -2.32. The van der Waals surface area contributed by atoms with Crippen LogP contribution in [0.15, 0.2) is 54.9 Å². The zero-order valence-corrected chi connectivity index (χ0v) is 16.4. The number of fused-ring (bicyclic) bond motifs is 1. The number of likely N-dealkylation sites (tertiary alicyclic amines) is 2. The third-order valence-electron chi connectivity index (χ3n) is 5.91. The molecule has 0 N–H and O–H groups in total. The van der Waals surface area contributed by atoms with E-state index >= 15 is 0 Å². The highest BCUT2D eigenvalue weighted by molar-refractivity contribution is 5.95. The first-order valence-electron chi connectivity index (χ1n) is 9.67. The second kappa shape index (κ2) is 7.36. The van der Waals surface area contributed by atoms with E-state index in [0.717, 1.165) is 12.1 Å². The molecule has 146 valence electrons. The number of rotatable bonds is 4. The molecule has 0 saturated carbocycles. The van der Waals surface area contributed by atoms with Crippen LogP contribution in [0.25, 0.3) is 0 Å². The molecule has 1 aromatic carbocycles. The Morgan fingerprint density at radius 1 is 0.964 bits per heavy atom. The zero-order valence-electron chi connectivity index (χ0n) is 16.4. The Hall–Kier alpha value is -2.73. The standard InChI is InChI=1S/C22H26N4O2/c1-24(2)14-22-15-25(20(27)17-6-4-3-5-7-17)12-19(22)13-26(16-22)21(28)18-8-10-23-11-9-18/h3-11,19H,12-16H2,1-2H3/t19-,22+/m1/s1. The summed E-state index contributed by atoms with van der Waals surface area (Å²) in [6, 6.07) is 13.0. The van der Waals surface area contributed by atoms with Crippen molar-refractivity contribution < 1.29 is 9.59 Å². The van der Waals surface area contributed by atoms with Crippen molar-refractivity contribution in [1.82, 2.24) is 19.7 Å². The van der Waals surface area contributed by atoms with Gasteiger partial charge in [-0.15, -0.1) is 0 Å². The highest BCUT2D eigenvalue weighted by atomic mass is 16.2. The van der Waals surface area contributed by atoms with E-state index in [1.54, 1.807) is 24.5 Å². The van der Waals surface area contributed by atoms with Crippen molar-refractivity contribution in [3.63, 3.8) is 0 Å². The summed E-state index contributed by atoms with van der Waals surface area (Å²) in [7, 11) is 4.11. The maximum absolute atomic E-state index is 13.0. The Labute approximate surface area is 165 Å². The summed E-state index contributed by atoms with van der Waals surface area (Å²) in [6.45, 7) is 3.60. The van der Waals surface area contributed by atoms with Gasteiger partial charge >= 0.3 is 0 Å². The van der Waals surface area contributed by atoms with E-state index in [9.17, 15) is 9.59 Å². The van der Waals surface area contributed by atoms with Crippen molar-refractivity contribution in [3.8, 4) is 0 Å². The van der Waals surface area contributed by atoms with E-state index in [1.165, 1.54) is 0 Å². The summed E-state index contributed by atoms with van der Waals surface area (Å²) in [6.07, 6.45) is 3.31. The van der Waals surface area contributed by atoms with Gasteiger partial charge < -0.3 is 14.7 Å². The van der Waals surface area contributed by atoms with Crippen LogP contribution >= 0.6 is 0 Å². The molecule has 0 spiro atoms. The van der Waals surface area contributed by atoms with Crippen LogP contribution in [0.3, 0.4) is 0 Å². The van der Waals surface area contributed by atoms with Gasteiger partial charge in [-0.3, -0.25) is 14.6 Å². The summed E-state index contributed by atoms with van der Waals surface area (Å²) < 4.78 is 0. The molecule has 2 saturated heterocycles. The van der Waals surface area contributed by atoms with E-state index < -0.39 is 0 Å². The molecule has 0 unspecified atom stereocenters. The molecule has 2 amide bonds. The largest absolute Gasteiger partial charge is 0.338 e. The third kappa shape index (κ3) is 3.40. The first-order chi connectivity index (χ1) is 13.5. The molecule has 2 aromatic rings. The molecule has 6 nitrogen and oxygen atoms in total. The van der Waals surface area contributed by atoms with E-state index in [2.05, 4.69) is 24.0 Å². The first-order valence-corrected chi connectivity index (χ1v) is 9.67. The predicted octanol–water partition coefficient (Wildman–Crippen LogP) is 1.86. The van der Waals surface area contributed by atoms with E-state index in [0.29, 0.717) is 31.7 Å². The van der Waals surface area contributed by atoms with Crippen LogP contribution in [0, 0.1) is 11.3 Å². The molecule has 28 heavy (non-hydrogen) atoms. The van der Waals surface area contributed by atoms with Gasteiger partial charge in [-0.1, -0.05) is 18.2 Å². The fourth-order valence-corrected chi connectivity index (χ4v) is 4.78. The summed E-state index contributed by atoms with van der Waals surface area (Å²) in [5, 5.41) is 0. The number of nitrogens with zero attached hydrogens (tertiary/aromatic N) is 4. The van der Waals surface area contributed by atoms with Gasteiger partial charge in [0, 0.05) is 67.6 Å². The Balaban J connectivity index is 1.54. The minimum absolute atomic E-state index is 0.0517. The summed E-state index contributed by atoms with van der Waals surface area (Å²) in [5.74, 6) is 0.421. The van der Waals surface area contributed by atoms with E-state index in [1.807, 2.05) is 40.1 Å². The first kappa shape index (κ1) is 18.6. The summed E-state index contributed by atoms with van der Waals surface area (Å²) in [5.41, 5.74) is 1.32. The highest BCUT2D eigenvalue weighted by Gasteiger charge is 2.54. The number of hydrogen-bond donors (Lipinski definition) is 0. The SMILES string of the molecule is CN(C)C[C@@]12CN(C(=O)c3ccccc3)C[C@@H]1CN(C(=O)c1ccncc1)C2. The highest BCUT2D eigenvalue weighted by Crippen LogP contribution is 2.43. The molecule has 1 aromatic heterocycles. The Morgan fingerprint density at radius 3 is 2.04 bits per heavy atom. The average molecular weight is 378 g/mol. The van der Waals surface area contributed by atoms with Crippen LogP contribution in [0.1, 0.15) is 20.7 Å².